The van der Waals surface area contributed by atoms with E-state index in [1.807, 2.05) is 12.1 Å². The summed E-state index contributed by atoms with van der Waals surface area (Å²) in [6.45, 7) is 2.26. The Morgan fingerprint density at radius 2 is 1.86 bits per heavy atom. The fraction of sp³-hybridized carbons (Fsp3) is 0.320. The van der Waals surface area contributed by atoms with Crippen molar-refractivity contribution < 1.29 is 22.8 Å². The van der Waals surface area contributed by atoms with Crippen LogP contribution in [0.5, 0.6) is 0 Å². The van der Waals surface area contributed by atoms with Gasteiger partial charge in [0.05, 0.1) is 35.2 Å². The first-order valence-corrected chi connectivity index (χ1v) is 12.7. The van der Waals surface area contributed by atoms with Gasteiger partial charge in [0.1, 0.15) is 7.11 Å². The standard InChI is InChI=1S/C25H24ClF3N4O3S/c1-15(16-3-5-17(6-4-16)25(27,28)29)30-24-31-21-11-12-32(13-20(21)23(35)33(24)36-2)22(34)14-37-19-9-7-18(26)8-10-19/h3-10,15H,11-14H2,1-2H3,(H,30,31)/t15-/m0/s1. The number of nitrogens with one attached hydrogen (secondary N) is 1. The van der Waals surface area contributed by atoms with Gasteiger partial charge >= 0.3 is 6.18 Å². The van der Waals surface area contributed by atoms with Crippen LogP contribution in [0, 0.1) is 0 Å². The Balaban J connectivity index is 1.47. The van der Waals surface area contributed by atoms with Crippen LogP contribution in [0.3, 0.4) is 0 Å². The normalized spacial score (nSPS) is 14.2. The summed E-state index contributed by atoms with van der Waals surface area (Å²) in [5.74, 6) is 0.247. The summed E-state index contributed by atoms with van der Waals surface area (Å²) in [6.07, 6.45) is -4.04. The number of benzene rings is 2. The first-order chi connectivity index (χ1) is 17.6. The number of alkyl halides is 3. The van der Waals surface area contributed by atoms with E-state index in [-0.39, 0.29) is 24.2 Å². The smallest absolute Gasteiger partial charge is 0.411 e. The average molecular weight is 553 g/mol. The molecule has 0 bridgehead atoms. The van der Waals surface area contributed by atoms with Crippen molar-refractivity contribution in [1.29, 1.82) is 0 Å². The van der Waals surface area contributed by atoms with Crippen molar-refractivity contribution in [2.45, 2.75) is 37.0 Å². The highest BCUT2D eigenvalue weighted by Gasteiger charge is 2.30. The topological polar surface area (TPSA) is 76.5 Å². The van der Waals surface area contributed by atoms with E-state index in [4.69, 9.17) is 16.4 Å². The Morgan fingerprint density at radius 3 is 2.49 bits per heavy atom. The molecule has 12 heteroatoms. The van der Waals surface area contributed by atoms with Crippen molar-refractivity contribution in [3.8, 4) is 0 Å². The van der Waals surface area contributed by atoms with Crippen molar-refractivity contribution in [2.24, 2.45) is 0 Å². The van der Waals surface area contributed by atoms with Gasteiger partial charge in [-0.3, -0.25) is 9.59 Å². The highest BCUT2D eigenvalue weighted by molar-refractivity contribution is 8.00. The number of nitrogens with zero attached hydrogens (tertiary/aromatic N) is 3. The minimum Gasteiger partial charge on any atom is -0.411 e. The number of aromatic nitrogens is 2. The zero-order valence-electron chi connectivity index (χ0n) is 20.0. The predicted molar refractivity (Wildman–Crippen MR) is 136 cm³/mol. The van der Waals surface area contributed by atoms with E-state index < -0.39 is 23.3 Å². The number of hydrogen-bond acceptors (Lipinski definition) is 6. The lowest BCUT2D eigenvalue weighted by atomic mass is 10.1. The maximum absolute atomic E-state index is 13.2. The van der Waals surface area contributed by atoms with E-state index in [2.05, 4.69) is 10.3 Å². The van der Waals surface area contributed by atoms with Crippen LogP contribution in [0.2, 0.25) is 5.02 Å². The van der Waals surface area contributed by atoms with Gasteiger partial charge in [-0.05, 0) is 48.9 Å². The molecule has 0 aliphatic carbocycles. The molecule has 2 heterocycles. The van der Waals surface area contributed by atoms with Gasteiger partial charge in [-0.2, -0.15) is 13.2 Å². The summed E-state index contributed by atoms with van der Waals surface area (Å²) in [5.41, 5.74) is 0.311. The molecule has 0 spiro atoms. The molecule has 1 aliphatic rings. The summed E-state index contributed by atoms with van der Waals surface area (Å²) >= 11 is 7.29. The predicted octanol–water partition coefficient (Wildman–Crippen LogP) is 4.82. The van der Waals surface area contributed by atoms with E-state index in [1.165, 1.54) is 31.0 Å². The molecule has 1 N–H and O–H groups in total. The molecule has 2 aromatic carbocycles. The summed E-state index contributed by atoms with van der Waals surface area (Å²) < 4.78 is 39.6. The fourth-order valence-electron chi connectivity index (χ4n) is 3.94. The molecule has 1 aliphatic heterocycles. The quantitative estimate of drug-likeness (QED) is 0.423. The second kappa shape index (κ2) is 11.1. The van der Waals surface area contributed by atoms with Crippen molar-refractivity contribution >= 4 is 35.2 Å². The minimum absolute atomic E-state index is 0.105. The van der Waals surface area contributed by atoms with Crippen LogP contribution in [0.4, 0.5) is 19.1 Å². The molecule has 0 fully saturated rings. The monoisotopic (exact) mass is 552 g/mol. The third-order valence-corrected chi connectivity index (χ3v) is 7.24. The van der Waals surface area contributed by atoms with Crippen LogP contribution < -0.4 is 15.7 Å². The summed E-state index contributed by atoms with van der Waals surface area (Å²) in [4.78, 5) is 38.4. The lowest BCUT2D eigenvalue weighted by Crippen LogP contribution is -2.43. The van der Waals surface area contributed by atoms with E-state index in [1.54, 1.807) is 24.0 Å². The first kappa shape index (κ1) is 26.9. The molecule has 0 radical (unpaired) electrons. The van der Waals surface area contributed by atoms with Gasteiger partial charge in [0, 0.05) is 22.9 Å². The minimum atomic E-state index is -4.42. The molecule has 3 aromatic rings. The summed E-state index contributed by atoms with van der Waals surface area (Å²) in [6, 6.07) is 11.5. The van der Waals surface area contributed by atoms with Crippen molar-refractivity contribution in [3.05, 3.63) is 86.3 Å². The highest BCUT2D eigenvalue weighted by atomic mass is 35.5. The number of anilines is 1. The van der Waals surface area contributed by atoms with Crippen LogP contribution in [0.1, 0.15) is 35.3 Å². The zero-order chi connectivity index (χ0) is 26.7. The molecule has 7 nitrogen and oxygen atoms in total. The molecule has 1 aromatic heterocycles. The van der Waals surface area contributed by atoms with Crippen molar-refractivity contribution in [3.63, 3.8) is 0 Å². The highest BCUT2D eigenvalue weighted by Crippen LogP contribution is 2.30. The lowest BCUT2D eigenvalue weighted by Gasteiger charge is -2.29. The molecule has 1 atom stereocenters. The Bertz CT molecular complexity index is 1330. The summed E-state index contributed by atoms with van der Waals surface area (Å²) in [7, 11) is 1.32. The number of thioether (sulfide) groups is 1. The van der Waals surface area contributed by atoms with Crippen molar-refractivity contribution in [1.82, 2.24) is 14.6 Å². The average Bonchev–Trinajstić information content (AvgIpc) is 2.88. The van der Waals surface area contributed by atoms with Gasteiger partial charge in [0.2, 0.25) is 11.9 Å². The van der Waals surface area contributed by atoms with Gasteiger partial charge in [0.25, 0.3) is 5.56 Å². The molecule has 0 saturated heterocycles. The third-order valence-electron chi connectivity index (χ3n) is 5.99. The van der Waals surface area contributed by atoms with Gasteiger partial charge in [-0.25, -0.2) is 4.98 Å². The summed E-state index contributed by atoms with van der Waals surface area (Å²) in [5, 5.41) is 3.67. The first-order valence-electron chi connectivity index (χ1n) is 11.4. The SMILES string of the molecule is COn1c(N[C@@H](C)c2ccc(C(F)(F)F)cc2)nc2c(c1=O)CN(C(=O)CSc1ccc(Cl)cc1)CC2. The van der Waals surface area contributed by atoms with Crippen molar-refractivity contribution in [2.75, 3.05) is 24.7 Å². The van der Waals surface area contributed by atoms with E-state index in [0.717, 1.165) is 21.8 Å². The maximum Gasteiger partial charge on any atom is 0.416 e. The van der Waals surface area contributed by atoms with Gasteiger partial charge in [-0.1, -0.05) is 23.7 Å². The number of hydrogen-bond donors (Lipinski definition) is 1. The van der Waals surface area contributed by atoms with E-state index in [0.29, 0.717) is 34.8 Å². The second-order valence-corrected chi connectivity index (χ2v) is 9.92. The van der Waals surface area contributed by atoms with Crippen LogP contribution in [0.15, 0.2) is 58.2 Å². The third kappa shape index (κ3) is 6.22. The molecule has 1 amide bonds. The van der Waals surface area contributed by atoms with E-state index >= 15 is 0 Å². The van der Waals surface area contributed by atoms with Crippen LogP contribution >= 0.6 is 23.4 Å². The number of amides is 1. The molecule has 4 rings (SSSR count). The second-order valence-electron chi connectivity index (χ2n) is 8.44. The van der Waals surface area contributed by atoms with E-state index in [9.17, 15) is 22.8 Å². The van der Waals surface area contributed by atoms with Gasteiger partial charge < -0.3 is 15.1 Å². The van der Waals surface area contributed by atoms with Gasteiger partial charge in [0.15, 0.2) is 0 Å². The maximum atomic E-state index is 13.2. The molecule has 37 heavy (non-hydrogen) atoms. The molecular formula is C25H24ClF3N4O3S. The Morgan fingerprint density at radius 1 is 1.19 bits per heavy atom. The number of carbonyl (C=O) groups excluding carboxylic acids is 1. The number of rotatable bonds is 7. The number of halogens is 4. The van der Waals surface area contributed by atoms with Crippen LogP contribution in [0.25, 0.3) is 0 Å². The number of fused-ring (bicyclic) bond motifs is 1. The van der Waals surface area contributed by atoms with Gasteiger partial charge in [-0.15, -0.1) is 16.5 Å². The Labute approximate surface area is 220 Å². The Kier molecular flexibility index (Phi) is 8.03. The molecular weight excluding hydrogens is 529 g/mol. The van der Waals surface area contributed by atoms with Crippen LogP contribution in [-0.4, -0.2) is 39.9 Å². The largest absolute Gasteiger partial charge is 0.416 e. The fourth-order valence-corrected chi connectivity index (χ4v) is 4.86. The lowest BCUT2D eigenvalue weighted by molar-refractivity contribution is -0.137. The number of carbonyl (C=O) groups is 1. The van der Waals surface area contributed by atoms with Crippen LogP contribution in [-0.2, 0) is 23.9 Å². The Hall–Kier alpha value is -3.18. The molecule has 196 valence electrons. The zero-order valence-corrected chi connectivity index (χ0v) is 21.6. The molecule has 0 saturated carbocycles. The molecule has 0 unspecified atom stereocenters.